The maximum absolute atomic E-state index is 11.8. The van der Waals surface area contributed by atoms with Crippen LogP contribution >= 0.6 is 0 Å². The lowest BCUT2D eigenvalue weighted by molar-refractivity contribution is -0.0334. The molecule has 3 heteroatoms. The summed E-state index contributed by atoms with van der Waals surface area (Å²) in [6.45, 7) is 3.11. The van der Waals surface area contributed by atoms with Crippen molar-refractivity contribution < 1.29 is 14.3 Å². The van der Waals surface area contributed by atoms with Crippen LogP contribution in [0.4, 0.5) is 0 Å². The number of rotatable bonds is 2. The summed E-state index contributed by atoms with van der Waals surface area (Å²) in [6.07, 6.45) is 0. The van der Waals surface area contributed by atoms with Crippen LogP contribution < -0.4 is 0 Å². The van der Waals surface area contributed by atoms with Gasteiger partial charge in [0.05, 0.1) is 26.4 Å². The highest BCUT2D eigenvalue weighted by atomic mass is 16.6. The van der Waals surface area contributed by atoms with Gasteiger partial charge < -0.3 is 9.47 Å². The highest BCUT2D eigenvalue weighted by Gasteiger charge is 2.06. The minimum absolute atomic E-state index is 0.0752. The van der Waals surface area contributed by atoms with Gasteiger partial charge in [-0.2, -0.15) is 0 Å². The van der Waals surface area contributed by atoms with Gasteiger partial charge in [-0.3, -0.25) is 4.79 Å². The third-order valence-corrected chi connectivity index (χ3v) is 2.82. The summed E-state index contributed by atoms with van der Waals surface area (Å²) in [5.41, 5.74) is 1.47. The Labute approximate surface area is 119 Å². The Morgan fingerprint density at radius 2 is 1.00 bits per heavy atom. The summed E-state index contributed by atoms with van der Waals surface area (Å²) in [6, 6.07) is 18.6. The molecule has 0 N–H and O–H groups in total. The van der Waals surface area contributed by atoms with E-state index in [1.165, 1.54) is 0 Å². The minimum atomic E-state index is 0.0752. The fourth-order valence-electron chi connectivity index (χ4n) is 1.79. The number of benzene rings is 2. The summed E-state index contributed by atoms with van der Waals surface area (Å²) >= 11 is 0. The number of carbonyl (C=O) groups excluding carboxylic acids is 1. The Morgan fingerprint density at radius 3 is 1.30 bits per heavy atom. The first-order valence-corrected chi connectivity index (χ1v) is 6.68. The predicted molar refractivity (Wildman–Crippen MR) is 78.0 cm³/mol. The van der Waals surface area contributed by atoms with E-state index >= 15 is 0 Å². The quantitative estimate of drug-likeness (QED) is 0.787. The van der Waals surface area contributed by atoms with Crippen molar-refractivity contribution in [1.82, 2.24) is 0 Å². The van der Waals surface area contributed by atoms with Crippen molar-refractivity contribution in [3.8, 4) is 0 Å². The van der Waals surface area contributed by atoms with Crippen LogP contribution in [0.2, 0.25) is 0 Å². The molecule has 20 heavy (non-hydrogen) atoms. The summed E-state index contributed by atoms with van der Waals surface area (Å²) < 4.78 is 9.89. The average molecular weight is 270 g/mol. The van der Waals surface area contributed by atoms with Gasteiger partial charge in [-0.15, -0.1) is 0 Å². The topological polar surface area (TPSA) is 35.5 Å². The van der Waals surface area contributed by atoms with Crippen molar-refractivity contribution in [2.75, 3.05) is 26.4 Å². The Hall–Kier alpha value is -1.97. The zero-order valence-electron chi connectivity index (χ0n) is 11.3. The molecule has 0 unspecified atom stereocenters. The molecule has 0 bridgehead atoms. The van der Waals surface area contributed by atoms with Crippen molar-refractivity contribution in [3.63, 3.8) is 0 Å². The maximum atomic E-state index is 11.8. The van der Waals surface area contributed by atoms with Gasteiger partial charge in [-0.05, 0) is 0 Å². The molecule has 0 radical (unpaired) electrons. The molecule has 0 aromatic heterocycles. The van der Waals surface area contributed by atoms with Crippen LogP contribution in [0.25, 0.3) is 0 Å². The van der Waals surface area contributed by atoms with E-state index in [1.54, 1.807) is 0 Å². The monoisotopic (exact) mass is 270 g/mol. The molecular formula is C17H18O3. The number of hydrogen-bond acceptors (Lipinski definition) is 3. The zero-order chi connectivity index (χ0) is 14.0. The Balaban J connectivity index is 0.000000205. The fourth-order valence-corrected chi connectivity index (χ4v) is 1.79. The van der Waals surface area contributed by atoms with Crippen molar-refractivity contribution in [1.29, 1.82) is 0 Å². The standard InChI is InChI=1S/C13H10O.C4H8O2/c14-13(11-7-3-1-4-8-11)12-9-5-2-6-10-12;1-2-6-4-3-5-1/h1-10H;1-4H2. The molecule has 0 spiro atoms. The molecule has 0 saturated carbocycles. The fraction of sp³-hybridized carbons (Fsp3) is 0.235. The summed E-state index contributed by atoms with van der Waals surface area (Å²) in [4.78, 5) is 11.8. The average Bonchev–Trinajstić information content (AvgIpc) is 2.58. The van der Waals surface area contributed by atoms with Gasteiger partial charge in [-0.25, -0.2) is 0 Å². The lowest BCUT2D eigenvalue weighted by Crippen LogP contribution is -2.16. The molecule has 104 valence electrons. The second kappa shape index (κ2) is 8.25. The van der Waals surface area contributed by atoms with Gasteiger partial charge in [0.25, 0.3) is 0 Å². The van der Waals surface area contributed by atoms with Crippen LogP contribution in [-0.4, -0.2) is 32.2 Å². The first kappa shape index (κ1) is 14.4. The number of hydrogen-bond donors (Lipinski definition) is 0. The van der Waals surface area contributed by atoms with E-state index in [0.29, 0.717) is 0 Å². The Bertz CT molecular complexity index is 451. The molecule has 0 aliphatic carbocycles. The van der Waals surface area contributed by atoms with E-state index < -0.39 is 0 Å². The van der Waals surface area contributed by atoms with E-state index in [9.17, 15) is 4.79 Å². The molecule has 1 heterocycles. The molecule has 3 rings (SSSR count). The van der Waals surface area contributed by atoms with Gasteiger partial charge >= 0.3 is 0 Å². The molecule has 1 aliphatic heterocycles. The number of ketones is 1. The lowest BCUT2D eigenvalue weighted by Gasteiger charge is -2.09. The van der Waals surface area contributed by atoms with Gasteiger partial charge in [0.1, 0.15) is 0 Å². The molecule has 2 aromatic rings. The van der Waals surface area contributed by atoms with Crippen molar-refractivity contribution in [2.24, 2.45) is 0 Å². The van der Waals surface area contributed by atoms with E-state index in [0.717, 1.165) is 37.6 Å². The molecule has 2 aromatic carbocycles. The van der Waals surface area contributed by atoms with Crippen LogP contribution in [0.15, 0.2) is 60.7 Å². The van der Waals surface area contributed by atoms with E-state index in [1.807, 2.05) is 60.7 Å². The molecule has 1 fully saturated rings. The van der Waals surface area contributed by atoms with Crippen LogP contribution in [-0.2, 0) is 9.47 Å². The number of carbonyl (C=O) groups is 1. The van der Waals surface area contributed by atoms with E-state index in [-0.39, 0.29) is 5.78 Å². The first-order chi connectivity index (χ1) is 9.88. The van der Waals surface area contributed by atoms with Gasteiger partial charge in [0, 0.05) is 11.1 Å². The van der Waals surface area contributed by atoms with E-state index in [4.69, 9.17) is 9.47 Å². The Kier molecular flexibility index (Phi) is 5.96. The molecule has 0 amide bonds. The SMILES string of the molecule is C1COCCO1.O=C(c1ccccc1)c1ccccc1. The highest BCUT2D eigenvalue weighted by Crippen LogP contribution is 2.08. The lowest BCUT2D eigenvalue weighted by atomic mass is 10.0. The smallest absolute Gasteiger partial charge is 0.193 e. The van der Waals surface area contributed by atoms with Crippen LogP contribution in [0, 0.1) is 0 Å². The minimum Gasteiger partial charge on any atom is -0.377 e. The van der Waals surface area contributed by atoms with Crippen LogP contribution in [0.5, 0.6) is 0 Å². The van der Waals surface area contributed by atoms with Crippen molar-refractivity contribution >= 4 is 5.78 Å². The highest BCUT2D eigenvalue weighted by molar-refractivity contribution is 6.08. The van der Waals surface area contributed by atoms with Gasteiger partial charge in [-0.1, -0.05) is 60.7 Å². The predicted octanol–water partition coefficient (Wildman–Crippen LogP) is 2.95. The summed E-state index contributed by atoms with van der Waals surface area (Å²) in [5, 5.41) is 0. The van der Waals surface area contributed by atoms with Crippen molar-refractivity contribution in [3.05, 3.63) is 71.8 Å². The second-order valence-electron chi connectivity index (χ2n) is 4.29. The molecule has 1 aliphatic rings. The molecule has 3 nitrogen and oxygen atoms in total. The molecule has 0 atom stereocenters. The first-order valence-electron chi connectivity index (χ1n) is 6.68. The van der Waals surface area contributed by atoms with E-state index in [2.05, 4.69) is 0 Å². The third kappa shape index (κ3) is 4.61. The Morgan fingerprint density at radius 1 is 0.650 bits per heavy atom. The third-order valence-electron chi connectivity index (χ3n) is 2.82. The maximum Gasteiger partial charge on any atom is 0.193 e. The van der Waals surface area contributed by atoms with Crippen molar-refractivity contribution in [2.45, 2.75) is 0 Å². The molecule has 1 saturated heterocycles. The normalized spacial score (nSPS) is 14.0. The second-order valence-corrected chi connectivity index (χ2v) is 4.29. The van der Waals surface area contributed by atoms with Gasteiger partial charge in [0.2, 0.25) is 0 Å². The summed E-state index contributed by atoms with van der Waals surface area (Å²) in [7, 11) is 0. The van der Waals surface area contributed by atoms with Gasteiger partial charge in [0.15, 0.2) is 5.78 Å². The largest absolute Gasteiger partial charge is 0.377 e. The molecular weight excluding hydrogens is 252 g/mol. The van der Waals surface area contributed by atoms with Crippen LogP contribution in [0.1, 0.15) is 15.9 Å². The van der Waals surface area contributed by atoms with Crippen LogP contribution in [0.3, 0.4) is 0 Å². The number of ether oxygens (including phenoxy) is 2. The summed E-state index contributed by atoms with van der Waals surface area (Å²) in [5.74, 6) is 0.0752. The zero-order valence-corrected chi connectivity index (χ0v) is 11.3.